The van der Waals surface area contributed by atoms with Crippen LogP contribution in [0.2, 0.25) is 0 Å². The summed E-state index contributed by atoms with van der Waals surface area (Å²) in [5, 5.41) is 18.6. The zero-order valence-corrected chi connectivity index (χ0v) is 15.2. The number of rotatable bonds is 3. The number of benzene rings is 2. The molecule has 7 heteroatoms. The molecule has 3 rings (SSSR count). The predicted octanol–water partition coefficient (Wildman–Crippen LogP) is 2.95. The van der Waals surface area contributed by atoms with Crippen molar-refractivity contribution in [3.8, 4) is 5.75 Å². The van der Waals surface area contributed by atoms with E-state index in [0.29, 0.717) is 16.6 Å². The van der Waals surface area contributed by atoms with Crippen molar-refractivity contribution in [1.82, 2.24) is 9.99 Å². The van der Waals surface area contributed by atoms with E-state index in [2.05, 4.69) is 15.8 Å². The fraction of sp³-hybridized carbons (Fsp3) is 0.105. The van der Waals surface area contributed by atoms with Crippen molar-refractivity contribution in [3.63, 3.8) is 0 Å². The number of nitrogens with zero attached hydrogens (tertiary/aromatic N) is 2. The van der Waals surface area contributed by atoms with Crippen LogP contribution in [0.5, 0.6) is 5.75 Å². The van der Waals surface area contributed by atoms with E-state index in [1.165, 1.54) is 4.57 Å². The highest BCUT2D eigenvalue weighted by Gasteiger charge is 2.16. The monoisotopic (exact) mass is 366 g/mol. The topological polar surface area (TPSA) is 78.7 Å². The van der Waals surface area contributed by atoms with Crippen LogP contribution in [0.1, 0.15) is 12.5 Å². The highest BCUT2D eigenvalue weighted by molar-refractivity contribution is 7.80. The molecule has 0 bridgehead atoms. The van der Waals surface area contributed by atoms with Gasteiger partial charge in [0.15, 0.2) is 5.11 Å². The van der Waals surface area contributed by atoms with E-state index in [0.717, 1.165) is 5.69 Å². The third kappa shape index (κ3) is 3.43. The number of aromatic nitrogens is 1. The second-order valence-electron chi connectivity index (χ2n) is 5.73. The van der Waals surface area contributed by atoms with Crippen LogP contribution in [-0.2, 0) is 7.05 Å². The van der Waals surface area contributed by atoms with Crippen molar-refractivity contribution in [3.05, 3.63) is 70.5 Å². The van der Waals surface area contributed by atoms with Crippen molar-refractivity contribution < 1.29 is 5.11 Å². The van der Waals surface area contributed by atoms with Crippen molar-refractivity contribution in [2.75, 3.05) is 5.32 Å². The third-order valence-electron chi connectivity index (χ3n) is 3.99. The second kappa shape index (κ2) is 7.37. The Morgan fingerprint density at radius 1 is 1.12 bits per heavy atom. The van der Waals surface area contributed by atoms with E-state index in [-0.39, 0.29) is 22.0 Å². The van der Waals surface area contributed by atoms with Crippen molar-refractivity contribution in [1.29, 1.82) is 0 Å². The van der Waals surface area contributed by atoms with Gasteiger partial charge in [0, 0.05) is 18.1 Å². The number of hydrazone groups is 1. The van der Waals surface area contributed by atoms with Crippen LogP contribution in [0.25, 0.3) is 10.9 Å². The van der Waals surface area contributed by atoms with Crippen LogP contribution in [0, 0.1) is 0 Å². The lowest BCUT2D eigenvalue weighted by Crippen LogP contribution is -2.28. The summed E-state index contributed by atoms with van der Waals surface area (Å²) in [6, 6.07) is 16.6. The number of aromatic hydroxyl groups is 1. The van der Waals surface area contributed by atoms with Gasteiger partial charge in [-0.15, -0.1) is 0 Å². The highest BCUT2D eigenvalue weighted by Crippen LogP contribution is 2.25. The Morgan fingerprint density at radius 2 is 1.77 bits per heavy atom. The van der Waals surface area contributed by atoms with Gasteiger partial charge in [0.1, 0.15) is 11.3 Å². The summed E-state index contributed by atoms with van der Waals surface area (Å²) in [7, 11) is 1.66. The van der Waals surface area contributed by atoms with E-state index in [1.54, 1.807) is 32.2 Å². The van der Waals surface area contributed by atoms with Gasteiger partial charge >= 0.3 is 0 Å². The molecule has 0 saturated heterocycles. The summed E-state index contributed by atoms with van der Waals surface area (Å²) in [6.07, 6.45) is 0. The lowest BCUT2D eigenvalue weighted by atomic mass is 10.1. The zero-order valence-electron chi connectivity index (χ0n) is 14.4. The Bertz CT molecular complexity index is 1060. The first-order chi connectivity index (χ1) is 12.5. The molecule has 0 saturated carbocycles. The van der Waals surface area contributed by atoms with Crippen LogP contribution >= 0.6 is 12.2 Å². The number of thiocarbonyl (C=S) groups is 1. The van der Waals surface area contributed by atoms with E-state index in [1.807, 2.05) is 36.4 Å². The summed E-state index contributed by atoms with van der Waals surface area (Å²) < 4.78 is 1.49. The molecule has 0 spiro atoms. The normalized spacial score (nSPS) is 11.4. The van der Waals surface area contributed by atoms with Gasteiger partial charge in [-0.25, -0.2) is 0 Å². The van der Waals surface area contributed by atoms with Crippen molar-refractivity contribution in [2.24, 2.45) is 12.1 Å². The van der Waals surface area contributed by atoms with Crippen LogP contribution in [0.3, 0.4) is 0 Å². The number of para-hydroxylation sites is 2. The van der Waals surface area contributed by atoms with Gasteiger partial charge in [-0.05, 0) is 43.4 Å². The zero-order chi connectivity index (χ0) is 18.7. The fourth-order valence-electron chi connectivity index (χ4n) is 2.68. The number of anilines is 1. The second-order valence-corrected chi connectivity index (χ2v) is 6.14. The maximum atomic E-state index is 12.6. The molecule has 0 unspecified atom stereocenters. The smallest absolute Gasteiger partial charge is 0.263 e. The molecule has 0 aliphatic carbocycles. The number of nitrogens with one attached hydrogen (secondary N) is 2. The summed E-state index contributed by atoms with van der Waals surface area (Å²) in [5.41, 5.74) is 4.33. The number of pyridine rings is 1. The molecule has 0 aliphatic rings. The van der Waals surface area contributed by atoms with Gasteiger partial charge in [-0.1, -0.05) is 30.3 Å². The molecular formula is C19H18N4O2S. The summed E-state index contributed by atoms with van der Waals surface area (Å²) in [4.78, 5) is 12.6. The lowest BCUT2D eigenvalue weighted by molar-refractivity contribution is 0.478. The molecule has 1 heterocycles. The largest absolute Gasteiger partial charge is 0.506 e. The van der Waals surface area contributed by atoms with Gasteiger partial charge in [0.2, 0.25) is 0 Å². The van der Waals surface area contributed by atoms with Gasteiger partial charge in [-0.3, -0.25) is 10.2 Å². The first kappa shape index (κ1) is 17.6. The van der Waals surface area contributed by atoms with E-state index in [4.69, 9.17) is 12.2 Å². The Hall–Kier alpha value is -3.19. The molecule has 26 heavy (non-hydrogen) atoms. The molecule has 0 fully saturated rings. The third-order valence-corrected chi connectivity index (χ3v) is 4.19. The molecule has 2 aromatic carbocycles. The molecular weight excluding hydrogens is 348 g/mol. The Balaban J connectivity index is 1.90. The van der Waals surface area contributed by atoms with Gasteiger partial charge in [0.25, 0.3) is 5.56 Å². The summed E-state index contributed by atoms with van der Waals surface area (Å²) in [5.74, 6) is -0.0892. The Kier molecular flexibility index (Phi) is 4.99. The van der Waals surface area contributed by atoms with Crippen LogP contribution in [0.4, 0.5) is 5.69 Å². The average molecular weight is 366 g/mol. The van der Waals surface area contributed by atoms with E-state index in [9.17, 15) is 9.90 Å². The Morgan fingerprint density at radius 3 is 2.50 bits per heavy atom. The number of fused-ring (bicyclic) bond motifs is 1. The number of hydrogen-bond donors (Lipinski definition) is 3. The predicted molar refractivity (Wildman–Crippen MR) is 109 cm³/mol. The molecule has 132 valence electrons. The average Bonchev–Trinajstić information content (AvgIpc) is 2.65. The van der Waals surface area contributed by atoms with Gasteiger partial charge < -0.3 is 15.0 Å². The van der Waals surface area contributed by atoms with Crippen molar-refractivity contribution >= 4 is 39.6 Å². The quantitative estimate of drug-likeness (QED) is 0.377. The maximum absolute atomic E-state index is 12.6. The molecule has 1 aromatic heterocycles. The molecule has 3 aromatic rings. The lowest BCUT2D eigenvalue weighted by Gasteiger charge is -2.12. The maximum Gasteiger partial charge on any atom is 0.263 e. The van der Waals surface area contributed by atoms with E-state index < -0.39 is 0 Å². The summed E-state index contributed by atoms with van der Waals surface area (Å²) >= 11 is 5.20. The molecule has 0 radical (unpaired) electrons. The fourth-order valence-corrected chi connectivity index (χ4v) is 2.84. The van der Waals surface area contributed by atoms with Crippen molar-refractivity contribution in [2.45, 2.75) is 6.92 Å². The minimum absolute atomic E-state index is 0.0892. The molecule has 3 N–H and O–H groups in total. The van der Waals surface area contributed by atoms with Crippen LogP contribution < -0.4 is 16.3 Å². The number of aryl methyl sites for hydroxylation is 1. The molecule has 0 amide bonds. The van der Waals surface area contributed by atoms with Gasteiger partial charge in [0.05, 0.1) is 11.2 Å². The summed E-state index contributed by atoms with van der Waals surface area (Å²) in [6.45, 7) is 1.64. The van der Waals surface area contributed by atoms with Crippen LogP contribution in [0.15, 0.2) is 64.5 Å². The minimum atomic E-state index is -0.328. The number of hydrogen-bond acceptors (Lipinski definition) is 4. The van der Waals surface area contributed by atoms with E-state index >= 15 is 0 Å². The molecule has 6 nitrogen and oxygen atoms in total. The first-order valence-corrected chi connectivity index (χ1v) is 8.37. The highest BCUT2D eigenvalue weighted by atomic mass is 32.1. The first-order valence-electron chi connectivity index (χ1n) is 7.96. The Labute approximate surface area is 155 Å². The molecule has 0 atom stereocenters. The SMILES string of the molecule is C/C(=N/NC(=S)Nc1ccccc1)c1c(O)c2ccccc2n(C)c1=O. The minimum Gasteiger partial charge on any atom is -0.506 e. The molecule has 0 aliphatic heterocycles. The van der Waals surface area contributed by atoms with Gasteiger partial charge in [-0.2, -0.15) is 5.10 Å². The standard InChI is InChI=1S/C19H18N4O2S/c1-12(21-22-19(26)20-13-8-4-3-5-9-13)16-17(24)14-10-6-7-11-15(14)23(2)18(16)25/h3-11,24H,1-2H3,(H2,20,22,26)/b21-12-. The van der Waals surface area contributed by atoms with Crippen LogP contribution in [-0.4, -0.2) is 20.5 Å².